The van der Waals surface area contributed by atoms with E-state index in [0.29, 0.717) is 24.6 Å². The Morgan fingerprint density at radius 1 is 0.982 bits per heavy atom. The standard InChI is InChI=1S/C43H56N6O5S/c1-27(2)26-55(52,53)45-42(50)30-15-17-36-38(22-30)48-24-32(20-31-21-34(54-7)16-18-35(31)41(48)39(36)29-12-9-8-10-13-29)40-37(23-44-49(40)28(3)4)43(51)47-19-11-14-33(47)25-46(5)6/h15-18,20-23,27-29,33H,8-14,19,24-26H2,1-7H3,(H,45,50)/t33-/m1/s1. The Labute approximate surface area is 325 Å². The second-order valence-electron chi connectivity index (χ2n) is 16.6. The molecule has 0 unspecified atom stereocenters. The number of sulfonamides is 1. The van der Waals surface area contributed by atoms with Crippen LogP contribution in [0.5, 0.6) is 5.75 Å². The van der Waals surface area contributed by atoms with Crippen LogP contribution in [0.1, 0.15) is 122 Å². The van der Waals surface area contributed by atoms with Gasteiger partial charge in [-0.2, -0.15) is 5.10 Å². The lowest BCUT2D eigenvalue weighted by Crippen LogP contribution is -2.41. The number of likely N-dealkylation sites (N-methyl/N-ethyl adjacent to an activating group) is 1. The van der Waals surface area contributed by atoms with Crippen molar-refractivity contribution in [2.75, 3.05) is 40.0 Å². The number of benzene rings is 2. The third-order valence-electron chi connectivity index (χ3n) is 11.4. The smallest absolute Gasteiger partial charge is 0.264 e. The van der Waals surface area contributed by atoms with Gasteiger partial charge in [-0.25, -0.2) is 13.1 Å². The van der Waals surface area contributed by atoms with Crippen molar-refractivity contribution < 1.29 is 22.7 Å². The van der Waals surface area contributed by atoms with E-state index in [-0.39, 0.29) is 35.2 Å². The van der Waals surface area contributed by atoms with E-state index < -0.39 is 15.9 Å². The fourth-order valence-electron chi connectivity index (χ4n) is 9.11. The summed E-state index contributed by atoms with van der Waals surface area (Å²) in [4.78, 5) is 32.4. The summed E-state index contributed by atoms with van der Waals surface area (Å²) in [5, 5.41) is 5.91. The highest BCUT2D eigenvalue weighted by Gasteiger charge is 2.35. The highest BCUT2D eigenvalue weighted by molar-refractivity contribution is 7.90. The maximum absolute atomic E-state index is 14.6. The normalized spacial score (nSPS) is 17.8. The molecule has 2 fully saturated rings. The molecule has 3 aliphatic rings. The molecule has 55 heavy (non-hydrogen) atoms. The number of carbonyl (C=O) groups is 2. The van der Waals surface area contributed by atoms with Gasteiger partial charge in [-0.3, -0.25) is 14.3 Å². The summed E-state index contributed by atoms with van der Waals surface area (Å²) in [5.41, 5.74) is 7.80. The molecule has 0 spiro atoms. The zero-order chi connectivity index (χ0) is 39.2. The van der Waals surface area contributed by atoms with Crippen LogP contribution in [0, 0.1) is 5.92 Å². The van der Waals surface area contributed by atoms with Crippen molar-refractivity contribution in [3.8, 4) is 17.0 Å². The highest BCUT2D eigenvalue weighted by Crippen LogP contribution is 2.48. The van der Waals surface area contributed by atoms with Crippen LogP contribution < -0.4 is 9.46 Å². The minimum atomic E-state index is -3.82. The number of nitrogens with zero attached hydrogens (tertiary/aromatic N) is 5. The van der Waals surface area contributed by atoms with Crippen molar-refractivity contribution in [3.05, 3.63) is 70.5 Å². The SMILES string of the molecule is COc1ccc2c(c1)C=C(c1c(C(=O)N3CCC[C@@H]3CN(C)C)cnn1C(C)C)Cn1c-2c(C2CCCCC2)c2ccc(C(=O)NS(=O)(=O)CC(C)C)cc21. The lowest BCUT2D eigenvalue weighted by molar-refractivity contribution is 0.0715. The van der Waals surface area contributed by atoms with E-state index in [9.17, 15) is 18.0 Å². The van der Waals surface area contributed by atoms with Crippen molar-refractivity contribution >= 4 is 44.4 Å². The van der Waals surface area contributed by atoms with Crippen LogP contribution in [0.4, 0.5) is 0 Å². The Morgan fingerprint density at radius 3 is 2.44 bits per heavy atom. The van der Waals surface area contributed by atoms with Gasteiger partial charge in [0.2, 0.25) is 10.0 Å². The maximum Gasteiger partial charge on any atom is 0.264 e. The molecule has 4 aromatic rings. The number of allylic oxidation sites excluding steroid dienone is 1. The lowest BCUT2D eigenvalue weighted by Gasteiger charge is -2.27. The molecule has 2 amide bonds. The average Bonchev–Trinajstić information content (AvgIpc) is 3.84. The number of aromatic nitrogens is 3. The van der Waals surface area contributed by atoms with E-state index in [2.05, 4.69) is 46.2 Å². The van der Waals surface area contributed by atoms with E-state index in [1.165, 1.54) is 12.0 Å². The number of nitrogens with one attached hydrogen (secondary N) is 1. The van der Waals surface area contributed by atoms with Crippen LogP contribution in [0.25, 0.3) is 33.8 Å². The average molecular weight is 769 g/mol. The van der Waals surface area contributed by atoms with Gasteiger partial charge in [0.15, 0.2) is 0 Å². The maximum atomic E-state index is 14.6. The van der Waals surface area contributed by atoms with Gasteiger partial charge in [-0.05, 0) is 119 Å². The zero-order valence-corrected chi connectivity index (χ0v) is 34.2. The van der Waals surface area contributed by atoms with Crippen LogP contribution >= 0.6 is 0 Å². The fourth-order valence-corrected chi connectivity index (χ4v) is 10.5. The van der Waals surface area contributed by atoms with Gasteiger partial charge in [0, 0.05) is 47.2 Å². The molecule has 0 bridgehead atoms. The number of amides is 2. The second-order valence-corrected chi connectivity index (χ2v) is 18.4. The number of rotatable bonds is 11. The number of likely N-dealkylation sites (tertiary alicyclic amines) is 1. The minimum absolute atomic E-state index is 0.00990. The number of methoxy groups -OCH3 is 1. The van der Waals surface area contributed by atoms with Crippen molar-refractivity contribution in [1.82, 2.24) is 28.9 Å². The van der Waals surface area contributed by atoms with Crippen LogP contribution in [-0.2, 0) is 16.6 Å². The van der Waals surface area contributed by atoms with E-state index in [1.54, 1.807) is 19.4 Å². The first-order chi connectivity index (χ1) is 26.3. The molecule has 1 N–H and O–H groups in total. The number of fused-ring (bicyclic) bond motifs is 5. The molecule has 11 nitrogen and oxygen atoms in total. The Kier molecular flexibility index (Phi) is 11.0. The number of hydrogen-bond acceptors (Lipinski definition) is 7. The fraction of sp³-hybridized carbons (Fsp3) is 0.512. The van der Waals surface area contributed by atoms with Gasteiger partial charge in [0.25, 0.3) is 11.8 Å². The molecule has 0 radical (unpaired) electrons. The molecular weight excluding hydrogens is 713 g/mol. The Hall–Kier alpha value is -4.42. The summed E-state index contributed by atoms with van der Waals surface area (Å²) in [5.74, 6) is 0.130. The molecule has 7 rings (SSSR count). The van der Waals surface area contributed by atoms with Gasteiger partial charge in [0.05, 0.1) is 42.6 Å². The van der Waals surface area contributed by atoms with Crippen molar-refractivity contribution in [1.29, 1.82) is 0 Å². The van der Waals surface area contributed by atoms with Crippen LogP contribution in [0.2, 0.25) is 0 Å². The number of hydrogen-bond donors (Lipinski definition) is 1. The number of carbonyl (C=O) groups excluding carboxylic acids is 2. The molecule has 2 aromatic carbocycles. The molecule has 1 aliphatic carbocycles. The van der Waals surface area contributed by atoms with E-state index in [0.717, 1.165) is 89.8 Å². The summed E-state index contributed by atoms with van der Waals surface area (Å²) in [6.45, 7) is 9.71. The van der Waals surface area contributed by atoms with Gasteiger partial charge in [-0.1, -0.05) is 39.2 Å². The van der Waals surface area contributed by atoms with Crippen molar-refractivity contribution in [3.63, 3.8) is 0 Å². The molecule has 294 valence electrons. The molecule has 2 aromatic heterocycles. The van der Waals surface area contributed by atoms with E-state index in [1.807, 2.05) is 55.7 Å². The van der Waals surface area contributed by atoms with E-state index in [4.69, 9.17) is 9.84 Å². The van der Waals surface area contributed by atoms with Crippen LogP contribution in [-0.4, -0.2) is 90.5 Å². The zero-order valence-electron chi connectivity index (χ0n) is 33.4. The topological polar surface area (TPSA) is 119 Å². The first-order valence-electron chi connectivity index (χ1n) is 19.9. The quantitative estimate of drug-likeness (QED) is 0.167. The minimum Gasteiger partial charge on any atom is -0.497 e. The predicted octanol–water partition coefficient (Wildman–Crippen LogP) is 7.58. The molecule has 1 saturated heterocycles. The molecular formula is C43H56N6O5S. The van der Waals surface area contributed by atoms with E-state index >= 15 is 0 Å². The predicted molar refractivity (Wildman–Crippen MR) is 219 cm³/mol. The molecule has 12 heteroatoms. The molecule has 4 heterocycles. The summed E-state index contributed by atoms with van der Waals surface area (Å²) in [6, 6.07) is 11.9. The lowest BCUT2D eigenvalue weighted by atomic mass is 9.81. The Balaban J connectivity index is 1.44. The first kappa shape index (κ1) is 38.8. The monoisotopic (exact) mass is 768 g/mol. The first-order valence-corrected chi connectivity index (χ1v) is 21.5. The van der Waals surface area contributed by atoms with Crippen molar-refractivity contribution in [2.45, 2.75) is 97.2 Å². The van der Waals surface area contributed by atoms with Crippen LogP contribution in [0.15, 0.2) is 42.6 Å². The van der Waals surface area contributed by atoms with Gasteiger partial charge < -0.3 is 19.1 Å². The third kappa shape index (κ3) is 7.72. The summed E-state index contributed by atoms with van der Waals surface area (Å²) in [7, 11) is 1.95. The molecule has 1 saturated carbocycles. The third-order valence-corrected chi connectivity index (χ3v) is 13.0. The largest absolute Gasteiger partial charge is 0.497 e. The Morgan fingerprint density at radius 2 is 1.75 bits per heavy atom. The second kappa shape index (κ2) is 15.6. The summed E-state index contributed by atoms with van der Waals surface area (Å²) < 4.78 is 38.1. The molecule has 1 atom stereocenters. The van der Waals surface area contributed by atoms with Crippen molar-refractivity contribution in [2.24, 2.45) is 5.92 Å². The Bertz CT molecular complexity index is 2240. The molecule has 2 aliphatic heterocycles. The summed E-state index contributed by atoms with van der Waals surface area (Å²) in [6.07, 6.45) is 11.5. The highest BCUT2D eigenvalue weighted by atomic mass is 32.2. The number of ether oxygens (including phenoxy) is 1. The van der Waals surface area contributed by atoms with Gasteiger partial charge in [0.1, 0.15) is 5.75 Å². The summed E-state index contributed by atoms with van der Waals surface area (Å²) >= 11 is 0. The van der Waals surface area contributed by atoms with Gasteiger partial charge in [-0.15, -0.1) is 0 Å². The van der Waals surface area contributed by atoms with Gasteiger partial charge >= 0.3 is 0 Å². The van der Waals surface area contributed by atoms with Crippen LogP contribution in [0.3, 0.4) is 0 Å².